The highest BCUT2D eigenvalue weighted by atomic mass is 35.5. The minimum Gasteiger partial charge on any atom is -0.346 e. The van der Waals surface area contributed by atoms with Crippen LogP contribution in [0.5, 0.6) is 0 Å². The van der Waals surface area contributed by atoms with Crippen molar-refractivity contribution in [2.75, 3.05) is 11.6 Å². The maximum Gasteiger partial charge on any atom is 0.261 e. The van der Waals surface area contributed by atoms with Gasteiger partial charge in [-0.3, -0.25) is 9.80 Å². The van der Waals surface area contributed by atoms with Gasteiger partial charge in [-0.1, -0.05) is 17.7 Å². The Morgan fingerprint density at radius 3 is 2.91 bits per heavy atom. The minimum absolute atomic E-state index is 0.204. The summed E-state index contributed by atoms with van der Waals surface area (Å²) in [5, 5.41) is 4.30. The summed E-state index contributed by atoms with van der Waals surface area (Å²) in [6, 6.07) is 8.33. The van der Waals surface area contributed by atoms with Gasteiger partial charge in [0.15, 0.2) is 0 Å². The molecule has 2 aromatic rings. The van der Waals surface area contributed by atoms with Crippen LogP contribution in [0.3, 0.4) is 0 Å². The summed E-state index contributed by atoms with van der Waals surface area (Å²) in [6.45, 7) is 2.11. The number of hydrazine groups is 2. The molecule has 5 nitrogen and oxygen atoms in total. The second-order valence-corrected chi connectivity index (χ2v) is 6.72. The highest BCUT2D eigenvalue weighted by Gasteiger charge is 2.17. The molecule has 1 amide bonds. The van der Waals surface area contributed by atoms with E-state index in [1.54, 1.807) is 24.4 Å². The number of thiophene rings is 1. The molecular weight excluding hydrogens is 339 g/mol. The van der Waals surface area contributed by atoms with Crippen LogP contribution in [0.1, 0.15) is 15.2 Å². The highest BCUT2D eigenvalue weighted by molar-refractivity contribution is 7.17. The molecule has 3 rings (SSSR count). The van der Waals surface area contributed by atoms with Crippen LogP contribution in [-0.2, 0) is 0 Å². The van der Waals surface area contributed by atoms with Gasteiger partial charge in [-0.15, -0.1) is 16.9 Å². The molecule has 120 valence electrons. The lowest BCUT2D eigenvalue weighted by molar-refractivity contribution is 0.0960. The quantitative estimate of drug-likeness (QED) is 0.792. The maximum absolute atomic E-state index is 13.9. The molecule has 23 heavy (non-hydrogen) atoms. The Balaban J connectivity index is 1.62. The molecule has 0 bridgehead atoms. The molecule has 2 heterocycles. The summed E-state index contributed by atoms with van der Waals surface area (Å²) in [6.07, 6.45) is 1.69. The summed E-state index contributed by atoms with van der Waals surface area (Å²) in [7, 11) is 0. The zero-order valence-corrected chi connectivity index (χ0v) is 13.8. The number of halogens is 2. The number of carbonyl (C=O) groups is 1. The molecule has 0 aliphatic carbocycles. The van der Waals surface area contributed by atoms with Gasteiger partial charge in [0.25, 0.3) is 5.91 Å². The number of rotatable bonds is 4. The average Bonchev–Trinajstić information content (AvgIpc) is 3.14. The van der Waals surface area contributed by atoms with Crippen LogP contribution in [0.15, 0.2) is 42.2 Å². The topological polar surface area (TPSA) is 56.4 Å². The molecular formula is C15H14ClFN4OS. The van der Waals surface area contributed by atoms with Gasteiger partial charge in [-0.25, -0.2) is 4.39 Å². The number of aryl methyl sites for hydroxylation is 1. The molecule has 0 spiro atoms. The van der Waals surface area contributed by atoms with Crippen LogP contribution in [-0.4, -0.2) is 12.5 Å². The van der Waals surface area contributed by atoms with Gasteiger partial charge in [0.1, 0.15) is 5.82 Å². The first-order valence-electron chi connectivity index (χ1n) is 6.84. The van der Waals surface area contributed by atoms with Crippen LogP contribution in [0.4, 0.5) is 10.1 Å². The number of amides is 1. The third-order valence-electron chi connectivity index (χ3n) is 3.22. The molecule has 1 aromatic heterocycles. The van der Waals surface area contributed by atoms with E-state index in [0.717, 1.165) is 5.56 Å². The number of nitrogens with one attached hydrogen (secondary N) is 3. The first kappa shape index (κ1) is 15.8. The summed E-state index contributed by atoms with van der Waals surface area (Å²) in [5.41, 5.74) is 7.68. The van der Waals surface area contributed by atoms with E-state index >= 15 is 0 Å². The van der Waals surface area contributed by atoms with Gasteiger partial charge in [0.2, 0.25) is 0 Å². The third kappa shape index (κ3) is 3.64. The monoisotopic (exact) mass is 352 g/mol. The Morgan fingerprint density at radius 2 is 2.22 bits per heavy atom. The smallest absolute Gasteiger partial charge is 0.261 e. The van der Waals surface area contributed by atoms with E-state index in [0.29, 0.717) is 20.6 Å². The molecule has 8 heteroatoms. The van der Waals surface area contributed by atoms with Crippen molar-refractivity contribution in [2.24, 2.45) is 0 Å². The van der Waals surface area contributed by atoms with E-state index < -0.39 is 0 Å². The summed E-state index contributed by atoms with van der Waals surface area (Å²) < 4.78 is 14.5. The fraction of sp³-hybridized carbons (Fsp3) is 0.133. The van der Waals surface area contributed by atoms with Crippen molar-refractivity contribution < 1.29 is 9.18 Å². The van der Waals surface area contributed by atoms with Crippen LogP contribution in [0.25, 0.3) is 0 Å². The number of nitrogens with zero attached hydrogens (tertiary/aromatic N) is 1. The van der Waals surface area contributed by atoms with Crippen molar-refractivity contribution in [1.82, 2.24) is 16.3 Å². The molecule has 3 N–H and O–H groups in total. The third-order valence-corrected chi connectivity index (χ3v) is 4.45. The second kappa shape index (κ2) is 6.57. The Labute approximate surface area is 141 Å². The summed E-state index contributed by atoms with van der Waals surface area (Å²) in [4.78, 5) is 12.5. The van der Waals surface area contributed by atoms with Crippen LogP contribution < -0.4 is 21.3 Å². The first-order valence-corrected chi connectivity index (χ1v) is 8.03. The van der Waals surface area contributed by atoms with Crippen molar-refractivity contribution >= 4 is 34.5 Å². The van der Waals surface area contributed by atoms with Crippen LogP contribution >= 0.6 is 22.9 Å². The largest absolute Gasteiger partial charge is 0.346 e. The SMILES string of the molecule is Cc1ccc(N2C=C(CNC(=O)c3ccc(Cl)s3)NN2)c(F)c1. The first-order chi connectivity index (χ1) is 11.0. The molecule has 0 radical (unpaired) electrons. The summed E-state index contributed by atoms with van der Waals surface area (Å²) in [5.74, 6) is -0.529. The molecule has 0 fully saturated rings. The fourth-order valence-corrected chi connectivity index (χ4v) is 3.04. The molecule has 1 aliphatic heterocycles. The molecule has 0 saturated carbocycles. The van der Waals surface area contributed by atoms with Gasteiger partial charge < -0.3 is 10.7 Å². The van der Waals surface area contributed by atoms with Gasteiger partial charge in [0, 0.05) is 6.20 Å². The average molecular weight is 353 g/mol. The fourth-order valence-electron chi connectivity index (χ4n) is 2.08. The molecule has 1 aliphatic rings. The van der Waals surface area contributed by atoms with Gasteiger partial charge >= 0.3 is 0 Å². The molecule has 0 unspecified atom stereocenters. The van der Waals surface area contributed by atoms with E-state index in [1.807, 2.05) is 13.0 Å². The van der Waals surface area contributed by atoms with Crippen LogP contribution in [0, 0.1) is 12.7 Å². The number of hydrogen-bond acceptors (Lipinski definition) is 5. The second-order valence-electron chi connectivity index (χ2n) is 5.00. The Hall–Kier alpha value is -2.09. The van der Waals surface area contributed by atoms with Crippen LogP contribution in [0.2, 0.25) is 4.34 Å². The van der Waals surface area contributed by atoms with E-state index in [2.05, 4.69) is 16.3 Å². The lowest BCUT2D eigenvalue weighted by Crippen LogP contribution is -2.38. The molecule has 0 atom stereocenters. The van der Waals surface area contributed by atoms with E-state index in [-0.39, 0.29) is 18.3 Å². The summed E-state index contributed by atoms with van der Waals surface area (Å²) >= 11 is 7.02. The van der Waals surface area contributed by atoms with Gasteiger partial charge in [-0.2, -0.15) is 0 Å². The van der Waals surface area contributed by atoms with E-state index in [9.17, 15) is 9.18 Å². The van der Waals surface area contributed by atoms with E-state index in [1.165, 1.54) is 22.4 Å². The number of anilines is 1. The maximum atomic E-state index is 13.9. The Bertz CT molecular complexity index is 777. The van der Waals surface area contributed by atoms with Crippen molar-refractivity contribution in [3.63, 3.8) is 0 Å². The predicted molar refractivity (Wildman–Crippen MR) is 89.6 cm³/mol. The number of benzene rings is 1. The van der Waals surface area contributed by atoms with Gasteiger partial charge in [-0.05, 0) is 36.8 Å². The van der Waals surface area contributed by atoms with E-state index in [4.69, 9.17) is 11.6 Å². The Kier molecular flexibility index (Phi) is 4.51. The zero-order chi connectivity index (χ0) is 16.4. The predicted octanol–water partition coefficient (Wildman–Crippen LogP) is 2.95. The van der Waals surface area contributed by atoms with Crippen molar-refractivity contribution in [3.8, 4) is 0 Å². The standard InChI is InChI=1S/C15H14ClFN4OS/c1-9-2-3-12(11(17)6-9)21-8-10(19-20-21)7-18-15(22)13-4-5-14(16)23-13/h2-6,8,19-20H,7H2,1H3,(H,18,22). The highest BCUT2D eigenvalue weighted by Crippen LogP contribution is 2.22. The lowest BCUT2D eigenvalue weighted by Gasteiger charge is -2.16. The molecule has 1 aromatic carbocycles. The molecule has 0 saturated heterocycles. The lowest BCUT2D eigenvalue weighted by atomic mass is 10.2. The Morgan fingerprint density at radius 1 is 1.39 bits per heavy atom. The normalized spacial score (nSPS) is 13.7. The van der Waals surface area contributed by atoms with Crippen molar-refractivity contribution in [1.29, 1.82) is 0 Å². The number of carbonyl (C=O) groups excluding carboxylic acids is 1. The number of hydrogen-bond donors (Lipinski definition) is 3. The zero-order valence-electron chi connectivity index (χ0n) is 12.2. The minimum atomic E-state index is -0.325. The van der Waals surface area contributed by atoms with Gasteiger partial charge in [0.05, 0.1) is 27.1 Å². The van der Waals surface area contributed by atoms with Crippen molar-refractivity contribution in [3.05, 3.63) is 62.8 Å². The van der Waals surface area contributed by atoms with Crippen molar-refractivity contribution in [2.45, 2.75) is 6.92 Å².